The Balaban J connectivity index is 0.00000220. The second-order valence-electron chi connectivity index (χ2n) is 4.87. The van der Waals surface area contributed by atoms with Gasteiger partial charge >= 0.3 is 0 Å². The van der Waals surface area contributed by atoms with Crippen molar-refractivity contribution in [2.24, 2.45) is 4.99 Å². The van der Waals surface area contributed by atoms with Gasteiger partial charge in [0.25, 0.3) is 0 Å². The molecule has 1 aliphatic rings. The van der Waals surface area contributed by atoms with E-state index in [0.29, 0.717) is 17.6 Å². The lowest BCUT2D eigenvalue weighted by molar-refractivity contribution is 0.594. The maximum Gasteiger partial charge on any atom is 0.191 e. The topological polar surface area (TPSA) is 70.6 Å². The first-order valence-corrected chi connectivity index (χ1v) is 8.25. The normalized spacial score (nSPS) is 15.3. The van der Waals surface area contributed by atoms with Crippen molar-refractivity contribution in [3.05, 3.63) is 29.6 Å². The van der Waals surface area contributed by atoms with Crippen LogP contribution in [0.15, 0.2) is 28.1 Å². The Morgan fingerprint density at radius 3 is 2.62 bits per heavy atom. The highest BCUT2D eigenvalue weighted by Gasteiger charge is 2.22. The highest BCUT2D eigenvalue weighted by molar-refractivity contribution is 14.0. The zero-order chi connectivity index (χ0) is 14.8. The molecule has 1 saturated carbocycles. The number of sulfone groups is 1. The molecule has 0 amide bonds. The summed E-state index contributed by atoms with van der Waals surface area (Å²) in [6, 6.07) is 4.23. The van der Waals surface area contributed by atoms with Crippen molar-refractivity contribution in [2.75, 3.05) is 13.3 Å². The van der Waals surface area contributed by atoms with Gasteiger partial charge in [-0.2, -0.15) is 0 Å². The Kier molecular flexibility index (Phi) is 6.39. The average Bonchev–Trinajstić information content (AvgIpc) is 3.18. The van der Waals surface area contributed by atoms with Crippen LogP contribution < -0.4 is 10.6 Å². The summed E-state index contributed by atoms with van der Waals surface area (Å²) in [5.41, 5.74) is 0.298. The highest BCUT2D eigenvalue weighted by Crippen LogP contribution is 2.18. The summed E-state index contributed by atoms with van der Waals surface area (Å²) in [4.78, 5) is 4.15. The molecule has 0 heterocycles. The Bertz CT molecular complexity index is 630. The van der Waals surface area contributed by atoms with Crippen molar-refractivity contribution in [2.45, 2.75) is 30.3 Å². The SMILES string of the molecule is CN=C(NCc1cc(S(C)(=O)=O)ccc1F)NC1CC1.I. The summed E-state index contributed by atoms with van der Waals surface area (Å²) in [7, 11) is -1.70. The predicted molar refractivity (Wildman–Crippen MR) is 91.3 cm³/mol. The van der Waals surface area contributed by atoms with Crippen LogP contribution >= 0.6 is 24.0 Å². The Morgan fingerprint density at radius 1 is 1.43 bits per heavy atom. The van der Waals surface area contributed by atoms with Crippen LogP contribution in [0.4, 0.5) is 4.39 Å². The van der Waals surface area contributed by atoms with Crippen molar-refractivity contribution < 1.29 is 12.8 Å². The lowest BCUT2D eigenvalue weighted by atomic mass is 10.2. The number of aliphatic imine (C=N–C) groups is 1. The Morgan fingerprint density at radius 2 is 2.10 bits per heavy atom. The van der Waals surface area contributed by atoms with E-state index in [1.54, 1.807) is 7.05 Å². The molecule has 21 heavy (non-hydrogen) atoms. The van der Waals surface area contributed by atoms with Gasteiger partial charge in [0.2, 0.25) is 0 Å². The monoisotopic (exact) mass is 427 g/mol. The molecule has 2 N–H and O–H groups in total. The van der Waals surface area contributed by atoms with E-state index in [9.17, 15) is 12.8 Å². The van der Waals surface area contributed by atoms with Crippen LogP contribution in [0.1, 0.15) is 18.4 Å². The third-order valence-electron chi connectivity index (χ3n) is 3.03. The molecule has 1 aliphatic carbocycles. The molecule has 0 aliphatic heterocycles. The number of guanidine groups is 1. The summed E-state index contributed by atoms with van der Waals surface area (Å²) in [5.74, 6) is 0.156. The summed E-state index contributed by atoms with van der Waals surface area (Å²) < 4.78 is 36.6. The van der Waals surface area contributed by atoms with Gasteiger partial charge in [0.05, 0.1) is 4.90 Å². The molecule has 8 heteroatoms. The van der Waals surface area contributed by atoms with E-state index in [1.807, 2.05) is 0 Å². The molecular weight excluding hydrogens is 408 g/mol. The molecule has 2 rings (SSSR count). The molecule has 1 aromatic rings. The van der Waals surface area contributed by atoms with Crippen molar-refractivity contribution in [1.82, 2.24) is 10.6 Å². The standard InChI is InChI=1S/C13H18FN3O2S.HI/c1-15-13(17-10-3-4-10)16-8-9-7-11(20(2,18)19)5-6-12(9)14;/h5-7,10H,3-4,8H2,1-2H3,(H2,15,16,17);1H. The summed E-state index contributed by atoms with van der Waals surface area (Å²) in [6.07, 6.45) is 3.32. The maximum absolute atomic E-state index is 13.7. The van der Waals surface area contributed by atoms with Gasteiger partial charge in [0.1, 0.15) is 5.82 Å². The number of nitrogens with zero attached hydrogens (tertiary/aromatic N) is 1. The van der Waals surface area contributed by atoms with E-state index in [0.717, 1.165) is 19.1 Å². The quantitative estimate of drug-likeness (QED) is 0.332. The number of rotatable bonds is 4. The third-order valence-corrected chi connectivity index (χ3v) is 4.14. The molecule has 0 radical (unpaired) electrons. The molecule has 0 bridgehead atoms. The van der Waals surface area contributed by atoms with E-state index in [4.69, 9.17) is 0 Å². The molecule has 1 aromatic carbocycles. The predicted octanol–water partition coefficient (Wildman–Crippen LogP) is 1.67. The largest absolute Gasteiger partial charge is 0.354 e. The number of benzene rings is 1. The number of nitrogens with one attached hydrogen (secondary N) is 2. The molecule has 1 fully saturated rings. The fraction of sp³-hybridized carbons (Fsp3) is 0.462. The van der Waals surface area contributed by atoms with Crippen molar-refractivity contribution in [1.29, 1.82) is 0 Å². The second kappa shape index (κ2) is 7.39. The van der Waals surface area contributed by atoms with Crippen molar-refractivity contribution in [3.63, 3.8) is 0 Å². The van der Waals surface area contributed by atoms with Crippen LogP contribution in [0.3, 0.4) is 0 Å². The van der Waals surface area contributed by atoms with E-state index >= 15 is 0 Å². The van der Waals surface area contributed by atoms with Gasteiger partial charge in [0, 0.05) is 31.5 Å². The fourth-order valence-electron chi connectivity index (χ4n) is 1.71. The lowest BCUT2D eigenvalue weighted by Crippen LogP contribution is -2.38. The zero-order valence-corrected chi connectivity index (χ0v) is 15.0. The number of halogens is 2. The number of hydrogen-bond acceptors (Lipinski definition) is 3. The Hall–Kier alpha value is -0.900. The lowest BCUT2D eigenvalue weighted by Gasteiger charge is -2.12. The molecule has 0 aromatic heterocycles. The van der Waals surface area contributed by atoms with Gasteiger partial charge in [-0.15, -0.1) is 24.0 Å². The van der Waals surface area contributed by atoms with Gasteiger partial charge in [-0.05, 0) is 31.0 Å². The average molecular weight is 427 g/mol. The maximum atomic E-state index is 13.7. The molecule has 0 unspecified atom stereocenters. The highest BCUT2D eigenvalue weighted by atomic mass is 127. The summed E-state index contributed by atoms with van der Waals surface area (Å²) >= 11 is 0. The van der Waals surface area contributed by atoms with Crippen LogP contribution in [-0.4, -0.2) is 33.7 Å². The van der Waals surface area contributed by atoms with E-state index in [1.165, 1.54) is 18.2 Å². The van der Waals surface area contributed by atoms with Gasteiger partial charge < -0.3 is 10.6 Å². The third kappa shape index (κ3) is 5.42. The van der Waals surface area contributed by atoms with E-state index in [-0.39, 0.29) is 35.4 Å². The molecule has 118 valence electrons. The summed E-state index contributed by atoms with van der Waals surface area (Å²) in [6.45, 7) is 0.182. The number of hydrogen-bond donors (Lipinski definition) is 2. The first-order chi connectivity index (χ1) is 9.40. The van der Waals surface area contributed by atoms with Crippen LogP contribution in [0, 0.1) is 5.82 Å². The fourth-order valence-corrected chi connectivity index (χ4v) is 2.38. The van der Waals surface area contributed by atoms with Crippen LogP contribution in [0.5, 0.6) is 0 Å². The minimum absolute atomic E-state index is 0. The van der Waals surface area contributed by atoms with Gasteiger partial charge in [-0.3, -0.25) is 4.99 Å². The van der Waals surface area contributed by atoms with Gasteiger partial charge in [-0.25, -0.2) is 12.8 Å². The first kappa shape index (κ1) is 18.1. The van der Waals surface area contributed by atoms with Crippen molar-refractivity contribution >= 4 is 39.8 Å². The molecule has 0 spiro atoms. The van der Waals surface area contributed by atoms with Crippen LogP contribution in [0.2, 0.25) is 0 Å². The van der Waals surface area contributed by atoms with E-state index < -0.39 is 15.7 Å². The smallest absolute Gasteiger partial charge is 0.191 e. The molecule has 0 atom stereocenters. The van der Waals surface area contributed by atoms with E-state index in [2.05, 4.69) is 15.6 Å². The Labute approximate surface area is 141 Å². The van der Waals surface area contributed by atoms with Gasteiger partial charge in [-0.1, -0.05) is 0 Å². The van der Waals surface area contributed by atoms with Gasteiger partial charge in [0.15, 0.2) is 15.8 Å². The van der Waals surface area contributed by atoms with Crippen LogP contribution in [0.25, 0.3) is 0 Å². The second-order valence-corrected chi connectivity index (χ2v) is 6.89. The molecule has 5 nitrogen and oxygen atoms in total. The zero-order valence-electron chi connectivity index (χ0n) is 11.9. The molecular formula is C13H19FIN3O2S. The summed E-state index contributed by atoms with van der Waals surface area (Å²) in [5, 5.41) is 6.15. The van der Waals surface area contributed by atoms with Crippen molar-refractivity contribution in [3.8, 4) is 0 Å². The minimum atomic E-state index is -3.34. The first-order valence-electron chi connectivity index (χ1n) is 6.36. The van der Waals surface area contributed by atoms with Crippen LogP contribution in [-0.2, 0) is 16.4 Å². The minimum Gasteiger partial charge on any atom is -0.354 e. The molecule has 0 saturated heterocycles.